The van der Waals surface area contributed by atoms with Crippen molar-refractivity contribution in [3.63, 3.8) is 0 Å². The molecule has 0 aliphatic heterocycles. The third-order valence-corrected chi connectivity index (χ3v) is 4.31. The maximum atomic E-state index is 3.45. The summed E-state index contributed by atoms with van der Waals surface area (Å²) in [5, 5.41) is 3.45. The predicted molar refractivity (Wildman–Crippen MR) is 72.8 cm³/mol. The molecule has 1 unspecified atom stereocenters. The van der Waals surface area contributed by atoms with Gasteiger partial charge < -0.3 is 5.32 Å². The van der Waals surface area contributed by atoms with Gasteiger partial charge in [0.1, 0.15) is 0 Å². The Labute approximate surface area is 102 Å². The first-order chi connectivity index (χ1) is 7.84. The van der Waals surface area contributed by atoms with Gasteiger partial charge >= 0.3 is 0 Å². The van der Waals surface area contributed by atoms with E-state index >= 15 is 0 Å². The van der Waals surface area contributed by atoms with Crippen molar-refractivity contribution in [1.82, 2.24) is 5.32 Å². The molecule has 0 aromatic carbocycles. The summed E-state index contributed by atoms with van der Waals surface area (Å²) in [5.74, 6) is 0.921. The molecule has 1 atom stereocenters. The van der Waals surface area contributed by atoms with Crippen LogP contribution in [0.25, 0.3) is 0 Å². The van der Waals surface area contributed by atoms with Crippen LogP contribution in [0.2, 0.25) is 0 Å². The molecule has 1 rings (SSSR count). The molecule has 0 aromatic rings. The number of hydrogen-bond donors (Lipinski definition) is 1. The smallest absolute Gasteiger partial charge is 0.00639 e. The van der Waals surface area contributed by atoms with E-state index in [0.29, 0.717) is 6.04 Å². The number of rotatable bonds is 2. The van der Waals surface area contributed by atoms with Crippen molar-refractivity contribution in [3.8, 4) is 0 Å². The van der Waals surface area contributed by atoms with Crippen LogP contribution in [-0.2, 0) is 0 Å². The molecule has 0 amide bonds. The third-order valence-electron chi connectivity index (χ3n) is 4.31. The summed E-state index contributed by atoms with van der Waals surface area (Å²) in [6.45, 7) is 2.36. The Morgan fingerprint density at radius 3 is 1.50 bits per heavy atom. The Morgan fingerprint density at radius 2 is 1.12 bits per heavy atom. The number of hydrogen-bond acceptors (Lipinski definition) is 1. The minimum Gasteiger partial charge on any atom is -0.317 e. The molecule has 1 aliphatic rings. The quantitative estimate of drug-likeness (QED) is 0.729. The van der Waals surface area contributed by atoms with Gasteiger partial charge in [0.05, 0.1) is 0 Å². The van der Waals surface area contributed by atoms with E-state index in [1.807, 2.05) is 0 Å². The molecule has 1 aliphatic carbocycles. The summed E-state index contributed by atoms with van der Waals surface area (Å²) in [7, 11) is 2.11. The van der Waals surface area contributed by atoms with Gasteiger partial charge in [-0.05, 0) is 32.7 Å². The highest BCUT2D eigenvalue weighted by atomic mass is 14.9. The first-order valence-corrected chi connectivity index (χ1v) is 7.52. The monoisotopic (exact) mass is 225 g/mol. The van der Waals surface area contributed by atoms with Crippen LogP contribution in [0.15, 0.2) is 0 Å². The Kier molecular flexibility index (Phi) is 7.92. The standard InChI is InChI=1S/C15H31N/c1-14(16-2)15-12-10-8-6-4-3-5-7-9-11-13-15/h14-16H,3-13H2,1-2H3. The molecular weight excluding hydrogens is 194 g/mol. The van der Waals surface area contributed by atoms with Gasteiger partial charge in [0.15, 0.2) is 0 Å². The molecule has 0 saturated heterocycles. The molecule has 0 heterocycles. The fourth-order valence-electron chi connectivity index (χ4n) is 2.93. The van der Waals surface area contributed by atoms with Crippen LogP contribution in [-0.4, -0.2) is 13.1 Å². The van der Waals surface area contributed by atoms with E-state index in [9.17, 15) is 0 Å². The molecule has 0 bridgehead atoms. The van der Waals surface area contributed by atoms with Gasteiger partial charge in [-0.3, -0.25) is 0 Å². The first-order valence-electron chi connectivity index (χ1n) is 7.52. The molecule has 1 saturated carbocycles. The maximum Gasteiger partial charge on any atom is 0.00639 e. The van der Waals surface area contributed by atoms with Gasteiger partial charge in [0.25, 0.3) is 0 Å². The predicted octanol–water partition coefficient (Wildman–Crippen LogP) is 4.52. The lowest BCUT2D eigenvalue weighted by Gasteiger charge is -2.24. The zero-order chi connectivity index (χ0) is 11.6. The largest absolute Gasteiger partial charge is 0.317 e. The fraction of sp³-hybridized carbons (Fsp3) is 1.00. The van der Waals surface area contributed by atoms with E-state index in [0.717, 1.165) is 5.92 Å². The fourth-order valence-corrected chi connectivity index (χ4v) is 2.93. The molecule has 1 N–H and O–H groups in total. The van der Waals surface area contributed by atoms with E-state index < -0.39 is 0 Å². The summed E-state index contributed by atoms with van der Waals surface area (Å²) >= 11 is 0. The van der Waals surface area contributed by atoms with Gasteiger partial charge in [0.2, 0.25) is 0 Å². The highest BCUT2D eigenvalue weighted by Crippen LogP contribution is 2.23. The summed E-state index contributed by atoms with van der Waals surface area (Å²) in [5.41, 5.74) is 0. The topological polar surface area (TPSA) is 12.0 Å². The van der Waals surface area contributed by atoms with E-state index in [-0.39, 0.29) is 0 Å². The van der Waals surface area contributed by atoms with Crippen LogP contribution >= 0.6 is 0 Å². The second-order valence-corrected chi connectivity index (χ2v) is 5.60. The zero-order valence-corrected chi connectivity index (χ0v) is 11.4. The van der Waals surface area contributed by atoms with E-state index in [4.69, 9.17) is 0 Å². The maximum absolute atomic E-state index is 3.45. The Bertz CT molecular complexity index is 144. The van der Waals surface area contributed by atoms with Crippen LogP contribution in [0, 0.1) is 5.92 Å². The van der Waals surface area contributed by atoms with Crippen molar-refractivity contribution in [2.24, 2.45) is 5.92 Å². The lowest BCUT2D eigenvalue weighted by molar-refractivity contribution is 0.321. The van der Waals surface area contributed by atoms with Gasteiger partial charge in [-0.15, -0.1) is 0 Å². The Morgan fingerprint density at radius 1 is 0.750 bits per heavy atom. The molecule has 96 valence electrons. The lowest BCUT2D eigenvalue weighted by Crippen LogP contribution is -2.30. The highest BCUT2D eigenvalue weighted by molar-refractivity contribution is 4.71. The first kappa shape index (κ1) is 14.0. The minimum absolute atomic E-state index is 0.711. The van der Waals surface area contributed by atoms with E-state index in [2.05, 4.69) is 19.3 Å². The molecule has 16 heavy (non-hydrogen) atoms. The Hall–Kier alpha value is -0.0400. The minimum atomic E-state index is 0.711. The Balaban J connectivity index is 2.30. The average Bonchev–Trinajstić information content (AvgIpc) is 2.29. The SMILES string of the molecule is CNC(C)C1CCCCCCCCCCC1. The van der Waals surface area contributed by atoms with E-state index in [1.165, 1.54) is 70.6 Å². The highest BCUT2D eigenvalue weighted by Gasteiger charge is 2.15. The van der Waals surface area contributed by atoms with Crippen molar-refractivity contribution in [3.05, 3.63) is 0 Å². The average molecular weight is 225 g/mol. The third kappa shape index (κ3) is 5.89. The summed E-state index contributed by atoms with van der Waals surface area (Å²) in [4.78, 5) is 0. The van der Waals surface area contributed by atoms with Gasteiger partial charge in [-0.25, -0.2) is 0 Å². The normalized spacial score (nSPS) is 24.4. The van der Waals surface area contributed by atoms with Crippen molar-refractivity contribution in [1.29, 1.82) is 0 Å². The molecule has 0 spiro atoms. The molecule has 0 aromatic heterocycles. The van der Waals surface area contributed by atoms with Crippen LogP contribution in [0.5, 0.6) is 0 Å². The molecule has 1 nitrogen and oxygen atoms in total. The molecular formula is C15H31N. The molecule has 1 heteroatoms. The summed E-state index contributed by atoms with van der Waals surface area (Å²) in [6, 6.07) is 0.711. The van der Waals surface area contributed by atoms with E-state index in [1.54, 1.807) is 0 Å². The summed E-state index contributed by atoms with van der Waals surface area (Å²) in [6.07, 6.45) is 16.1. The second kappa shape index (κ2) is 9.04. The van der Waals surface area contributed by atoms with Crippen molar-refractivity contribution < 1.29 is 0 Å². The van der Waals surface area contributed by atoms with Crippen molar-refractivity contribution >= 4 is 0 Å². The van der Waals surface area contributed by atoms with Crippen molar-refractivity contribution in [2.45, 2.75) is 83.6 Å². The lowest BCUT2D eigenvalue weighted by atomic mass is 9.88. The van der Waals surface area contributed by atoms with Crippen LogP contribution < -0.4 is 5.32 Å². The van der Waals surface area contributed by atoms with Gasteiger partial charge in [-0.1, -0.05) is 57.8 Å². The van der Waals surface area contributed by atoms with Gasteiger partial charge in [0, 0.05) is 6.04 Å². The van der Waals surface area contributed by atoms with Gasteiger partial charge in [-0.2, -0.15) is 0 Å². The molecule has 0 radical (unpaired) electrons. The van der Waals surface area contributed by atoms with Crippen LogP contribution in [0.4, 0.5) is 0 Å². The van der Waals surface area contributed by atoms with Crippen molar-refractivity contribution in [2.75, 3.05) is 7.05 Å². The second-order valence-electron chi connectivity index (χ2n) is 5.60. The van der Waals surface area contributed by atoms with Crippen LogP contribution in [0.1, 0.15) is 77.6 Å². The summed E-state index contributed by atoms with van der Waals surface area (Å²) < 4.78 is 0. The van der Waals surface area contributed by atoms with Crippen LogP contribution in [0.3, 0.4) is 0 Å². The number of nitrogens with one attached hydrogen (secondary N) is 1. The zero-order valence-electron chi connectivity index (χ0n) is 11.4. The molecule has 1 fully saturated rings.